The molecule has 110 valence electrons. The van der Waals surface area contributed by atoms with Crippen LogP contribution in [0.1, 0.15) is 26.3 Å². The second-order valence-electron chi connectivity index (χ2n) is 4.79. The average Bonchev–Trinajstić information content (AvgIpc) is 2.36. The number of hydrogen-bond donors (Lipinski definition) is 1. The molecule has 1 unspecified atom stereocenters. The molecule has 1 aromatic carbocycles. The molecule has 20 heavy (non-hydrogen) atoms. The van der Waals surface area contributed by atoms with Crippen molar-refractivity contribution in [2.24, 2.45) is 5.92 Å². The van der Waals surface area contributed by atoms with Crippen LogP contribution >= 0.6 is 0 Å². The standard InChI is InChI=1S/C15H19F2NO2/c1-10(2)11(3)18-14(19)9-8-12-6-4-5-7-13(12)20-15(16)17/h4-11,15H,1-3H3,(H,18,19)/b9-8+. The maximum Gasteiger partial charge on any atom is 0.387 e. The summed E-state index contributed by atoms with van der Waals surface area (Å²) in [6, 6.07) is 6.36. The van der Waals surface area contributed by atoms with Crippen LogP contribution in [0.2, 0.25) is 0 Å². The molecule has 0 aromatic heterocycles. The van der Waals surface area contributed by atoms with Gasteiger partial charge in [0.2, 0.25) is 5.91 Å². The summed E-state index contributed by atoms with van der Waals surface area (Å²) in [5, 5.41) is 2.80. The quantitative estimate of drug-likeness (QED) is 0.812. The lowest BCUT2D eigenvalue weighted by Crippen LogP contribution is -2.34. The summed E-state index contributed by atoms with van der Waals surface area (Å²) in [6.45, 7) is 3.02. The fourth-order valence-corrected chi connectivity index (χ4v) is 1.43. The fraction of sp³-hybridized carbons (Fsp3) is 0.400. The van der Waals surface area contributed by atoms with E-state index < -0.39 is 6.61 Å². The first kappa shape index (κ1) is 16.1. The number of rotatable bonds is 6. The number of nitrogens with one attached hydrogen (secondary N) is 1. The molecule has 0 radical (unpaired) electrons. The van der Waals surface area contributed by atoms with Crippen molar-refractivity contribution < 1.29 is 18.3 Å². The minimum absolute atomic E-state index is 0.0414. The van der Waals surface area contributed by atoms with Gasteiger partial charge in [-0.3, -0.25) is 4.79 Å². The Morgan fingerprint density at radius 1 is 1.25 bits per heavy atom. The number of carbonyl (C=O) groups excluding carboxylic acids is 1. The van der Waals surface area contributed by atoms with Gasteiger partial charge in [0.15, 0.2) is 0 Å². The largest absolute Gasteiger partial charge is 0.434 e. The predicted molar refractivity (Wildman–Crippen MR) is 74.6 cm³/mol. The first-order valence-corrected chi connectivity index (χ1v) is 6.42. The van der Waals surface area contributed by atoms with Crippen molar-refractivity contribution in [1.82, 2.24) is 5.32 Å². The van der Waals surface area contributed by atoms with E-state index in [1.54, 1.807) is 18.2 Å². The molecule has 1 N–H and O–H groups in total. The number of alkyl halides is 2. The van der Waals surface area contributed by atoms with Gasteiger partial charge in [-0.15, -0.1) is 0 Å². The first-order valence-electron chi connectivity index (χ1n) is 6.42. The zero-order valence-corrected chi connectivity index (χ0v) is 11.8. The number of ether oxygens (including phenoxy) is 1. The molecule has 1 atom stereocenters. The Bertz CT molecular complexity index is 473. The summed E-state index contributed by atoms with van der Waals surface area (Å²) in [5.41, 5.74) is 0.431. The van der Waals surface area contributed by atoms with E-state index in [2.05, 4.69) is 10.1 Å². The van der Waals surface area contributed by atoms with Crippen molar-refractivity contribution in [3.8, 4) is 5.75 Å². The van der Waals surface area contributed by atoms with E-state index in [9.17, 15) is 13.6 Å². The van der Waals surface area contributed by atoms with Crippen molar-refractivity contribution in [3.63, 3.8) is 0 Å². The number of hydrogen-bond acceptors (Lipinski definition) is 2. The van der Waals surface area contributed by atoms with Crippen molar-refractivity contribution >= 4 is 12.0 Å². The van der Waals surface area contributed by atoms with Crippen molar-refractivity contribution in [2.45, 2.75) is 33.4 Å². The maximum atomic E-state index is 12.2. The predicted octanol–water partition coefficient (Wildman–Crippen LogP) is 3.46. The highest BCUT2D eigenvalue weighted by Gasteiger charge is 2.09. The van der Waals surface area contributed by atoms with E-state index in [-0.39, 0.29) is 17.7 Å². The van der Waals surface area contributed by atoms with Gasteiger partial charge in [0.1, 0.15) is 5.75 Å². The third-order valence-corrected chi connectivity index (χ3v) is 2.92. The molecule has 1 aromatic rings. The average molecular weight is 283 g/mol. The van der Waals surface area contributed by atoms with E-state index in [0.717, 1.165) is 0 Å². The Balaban J connectivity index is 2.72. The first-order chi connectivity index (χ1) is 9.40. The van der Waals surface area contributed by atoms with Crippen LogP contribution in [0.3, 0.4) is 0 Å². The number of benzene rings is 1. The van der Waals surface area contributed by atoms with E-state index in [1.165, 1.54) is 18.2 Å². The van der Waals surface area contributed by atoms with Gasteiger partial charge in [-0.2, -0.15) is 8.78 Å². The molecular formula is C15H19F2NO2. The minimum atomic E-state index is -2.89. The SMILES string of the molecule is CC(C)C(C)NC(=O)/C=C/c1ccccc1OC(F)F. The van der Waals surface area contributed by atoms with Gasteiger partial charge in [-0.05, 0) is 25.0 Å². The van der Waals surface area contributed by atoms with Gasteiger partial charge < -0.3 is 10.1 Å². The van der Waals surface area contributed by atoms with Crippen molar-refractivity contribution in [1.29, 1.82) is 0 Å². The highest BCUT2D eigenvalue weighted by Crippen LogP contribution is 2.21. The molecule has 0 bridgehead atoms. The second-order valence-corrected chi connectivity index (χ2v) is 4.79. The molecule has 0 aliphatic heterocycles. The van der Waals surface area contributed by atoms with Crippen LogP contribution in [0.25, 0.3) is 6.08 Å². The molecule has 1 rings (SSSR count). The molecule has 0 heterocycles. The molecule has 3 nitrogen and oxygen atoms in total. The summed E-state index contributed by atoms with van der Waals surface area (Å²) in [7, 11) is 0. The van der Waals surface area contributed by atoms with Crippen LogP contribution in [0, 0.1) is 5.92 Å². The van der Waals surface area contributed by atoms with Crippen LogP contribution < -0.4 is 10.1 Å². The molecule has 1 amide bonds. The zero-order valence-electron chi connectivity index (χ0n) is 11.8. The number of carbonyl (C=O) groups is 1. The smallest absolute Gasteiger partial charge is 0.387 e. The molecular weight excluding hydrogens is 264 g/mol. The summed E-state index contributed by atoms with van der Waals surface area (Å²) in [6.07, 6.45) is 2.77. The molecule has 0 spiro atoms. The molecule has 0 saturated heterocycles. The molecule has 5 heteroatoms. The van der Waals surface area contributed by atoms with Crippen molar-refractivity contribution in [3.05, 3.63) is 35.9 Å². The number of para-hydroxylation sites is 1. The summed E-state index contributed by atoms with van der Waals surface area (Å²) in [5.74, 6) is 0.100. The Labute approximate surface area is 117 Å². The maximum absolute atomic E-state index is 12.2. The lowest BCUT2D eigenvalue weighted by atomic mass is 10.1. The van der Waals surface area contributed by atoms with Gasteiger partial charge in [0, 0.05) is 17.7 Å². The number of amides is 1. The monoisotopic (exact) mass is 283 g/mol. The molecule has 0 aliphatic carbocycles. The van der Waals surface area contributed by atoms with Gasteiger partial charge in [0.25, 0.3) is 0 Å². The van der Waals surface area contributed by atoms with Crippen LogP contribution in [-0.4, -0.2) is 18.6 Å². The van der Waals surface area contributed by atoms with Gasteiger partial charge in [-0.25, -0.2) is 0 Å². The Morgan fingerprint density at radius 2 is 1.90 bits per heavy atom. The summed E-state index contributed by atoms with van der Waals surface area (Å²) >= 11 is 0. The Hall–Kier alpha value is -1.91. The summed E-state index contributed by atoms with van der Waals surface area (Å²) in [4.78, 5) is 11.7. The van der Waals surface area contributed by atoms with Crippen LogP contribution in [0.4, 0.5) is 8.78 Å². The van der Waals surface area contributed by atoms with Gasteiger partial charge in [0.05, 0.1) is 0 Å². The zero-order chi connectivity index (χ0) is 15.1. The highest BCUT2D eigenvalue weighted by atomic mass is 19.3. The second kappa shape index (κ2) is 7.62. The normalized spacial score (nSPS) is 12.9. The van der Waals surface area contributed by atoms with Crippen molar-refractivity contribution in [2.75, 3.05) is 0 Å². The minimum Gasteiger partial charge on any atom is -0.434 e. The lowest BCUT2D eigenvalue weighted by molar-refractivity contribution is -0.117. The molecule has 0 aliphatic rings. The van der Waals surface area contributed by atoms with Gasteiger partial charge >= 0.3 is 6.61 Å². The Kier molecular flexibility index (Phi) is 6.15. The number of halogens is 2. The van der Waals surface area contributed by atoms with Crippen LogP contribution in [0.15, 0.2) is 30.3 Å². The third kappa shape index (κ3) is 5.38. The van der Waals surface area contributed by atoms with E-state index in [0.29, 0.717) is 11.5 Å². The lowest BCUT2D eigenvalue weighted by Gasteiger charge is -2.15. The summed E-state index contributed by atoms with van der Waals surface area (Å²) < 4.78 is 28.8. The third-order valence-electron chi connectivity index (χ3n) is 2.92. The topological polar surface area (TPSA) is 38.3 Å². The van der Waals surface area contributed by atoms with E-state index in [1.807, 2.05) is 20.8 Å². The fourth-order valence-electron chi connectivity index (χ4n) is 1.43. The Morgan fingerprint density at radius 3 is 2.50 bits per heavy atom. The van der Waals surface area contributed by atoms with Crippen LogP contribution in [0.5, 0.6) is 5.75 Å². The van der Waals surface area contributed by atoms with E-state index >= 15 is 0 Å². The molecule has 0 saturated carbocycles. The molecule has 0 fully saturated rings. The highest BCUT2D eigenvalue weighted by molar-refractivity contribution is 5.92. The van der Waals surface area contributed by atoms with Crippen LogP contribution in [-0.2, 0) is 4.79 Å². The van der Waals surface area contributed by atoms with E-state index in [4.69, 9.17) is 0 Å². The van der Waals surface area contributed by atoms with Gasteiger partial charge in [-0.1, -0.05) is 32.0 Å².